The molecule has 2 heteroatoms. The molecule has 0 aliphatic carbocycles. The Labute approximate surface area is 66.6 Å². The van der Waals surface area contributed by atoms with Crippen molar-refractivity contribution in [3.63, 3.8) is 0 Å². The maximum Gasteiger partial charge on any atom is 0.152 e. The first kappa shape index (κ1) is 10.1. The molecule has 0 heterocycles. The average Bonchev–Trinajstić information content (AvgIpc) is 2.05. The van der Waals surface area contributed by atoms with Crippen molar-refractivity contribution >= 4 is 6.29 Å². The van der Waals surface area contributed by atoms with Crippen LogP contribution in [0, 0.1) is 0 Å². The van der Waals surface area contributed by atoms with Crippen molar-refractivity contribution in [2.45, 2.75) is 26.7 Å². The van der Waals surface area contributed by atoms with Gasteiger partial charge in [0.05, 0.1) is 0 Å². The lowest BCUT2D eigenvalue weighted by molar-refractivity contribution is -0.104. The molecule has 0 aromatic carbocycles. The number of unbranched alkanes of at least 4 members (excludes halogenated alkanes) is 1. The van der Waals surface area contributed by atoms with Crippen molar-refractivity contribution in [2.24, 2.45) is 0 Å². The summed E-state index contributed by atoms with van der Waals surface area (Å²) in [6.07, 6.45) is 5.12. The Morgan fingerprint density at radius 1 is 1.55 bits per heavy atom. The van der Waals surface area contributed by atoms with Gasteiger partial charge in [-0.1, -0.05) is 25.5 Å². The molecule has 0 amide bonds. The third kappa shape index (κ3) is 3.71. The van der Waals surface area contributed by atoms with E-state index >= 15 is 0 Å². The number of rotatable bonds is 4. The van der Waals surface area contributed by atoms with Gasteiger partial charge in [0.1, 0.15) is 5.83 Å². The molecule has 0 spiro atoms. The second-order valence-corrected chi connectivity index (χ2v) is 2.20. The summed E-state index contributed by atoms with van der Waals surface area (Å²) in [6.45, 7) is 3.55. The monoisotopic (exact) mass is 156 g/mol. The van der Waals surface area contributed by atoms with E-state index < -0.39 is 5.83 Å². The Bertz CT molecular complexity index is 180. The molecule has 0 atom stereocenters. The van der Waals surface area contributed by atoms with Crippen LogP contribution in [0.4, 0.5) is 4.39 Å². The van der Waals surface area contributed by atoms with Gasteiger partial charge < -0.3 is 0 Å². The van der Waals surface area contributed by atoms with Crippen LogP contribution < -0.4 is 0 Å². The Morgan fingerprint density at radius 2 is 2.18 bits per heavy atom. The Hall–Kier alpha value is -0.920. The predicted octanol–water partition coefficient (Wildman–Crippen LogP) is 2.79. The minimum Gasteiger partial charge on any atom is -0.298 e. The van der Waals surface area contributed by atoms with Gasteiger partial charge >= 0.3 is 0 Å². The minimum absolute atomic E-state index is 0.161. The number of carbonyl (C=O) groups is 1. The van der Waals surface area contributed by atoms with Crippen LogP contribution in [0.2, 0.25) is 0 Å². The first-order valence-electron chi connectivity index (χ1n) is 3.73. The molecular weight excluding hydrogens is 143 g/mol. The molecule has 0 unspecified atom stereocenters. The molecule has 0 bridgehead atoms. The van der Waals surface area contributed by atoms with Crippen LogP contribution in [-0.4, -0.2) is 6.29 Å². The van der Waals surface area contributed by atoms with Crippen molar-refractivity contribution in [3.8, 4) is 0 Å². The summed E-state index contributed by atoms with van der Waals surface area (Å²) in [5.74, 6) is -0.437. The summed E-state index contributed by atoms with van der Waals surface area (Å²) in [5, 5.41) is 0. The molecule has 0 saturated heterocycles. The van der Waals surface area contributed by atoms with Gasteiger partial charge in [-0.15, -0.1) is 0 Å². The molecular formula is C9H13FO. The summed E-state index contributed by atoms with van der Waals surface area (Å²) in [6, 6.07) is 0. The van der Waals surface area contributed by atoms with Crippen molar-refractivity contribution in [1.29, 1.82) is 0 Å². The highest BCUT2D eigenvalue weighted by atomic mass is 19.1. The van der Waals surface area contributed by atoms with Gasteiger partial charge in [0, 0.05) is 5.57 Å². The van der Waals surface area contributed by atoms with E-state index in [1.54, 1.807) is 13.0 Å². The lowest BCUT2D eigenvalue weighted by Crippen LogP contribution is -1.85. The van der Waals surface area contributed by atoms with E-state index in [0.29, 0.717) is 6.29 Å². The molecule has 0 aliphatic rings. The fraction of sp³-hybridized carbons (Fsp3) is 0.444. The molecule has 62 valence electrons. The highest BCUT2D eigenvalue weighted by molar-refractivity contribution is 5.78. The zero-order valence-corrected chi connectivity index (χ0v) is 6.93. The SMILES string of the molecule is C/C=C(F)\C(C=O)=C/CCC. The fourth-order valence-corrected chi connectivity index (χ4v) is 0.668. The smallest absolute Gasteiger partial charge is 0.152 e. The molecule has 0 rings (SSSR count). The molecule has 11 heavy (non-hydrogen) atoms. The highest BCUT2D eigenvalue weighted by Crippen LogP contribution is 2.09. The van der Waals surface area contributed by atoms with Crippen LogP contribution in [0.15, 0.2) is 23.6 Å². The number of hydrogen-bond donors (Lipinski definition) is 0. The Balaban J connectivity index is 4.27. The van der Waals surface area contributed by atoms with Crippen molar-refractivity contribution in [2.75, 3.05) is 0 Å². The summed E-state index contributed by atoms with van der Waals surface area (Å²) in [4.78, 5) is 10.3. The van der Waals surface area contributed by atoms with Gasteiger partial charge in [-0.3, -0.25) is 4.79 Å². The minimum atomic E-state index is -0.437. The van der Waals surface area contributed by atoms with E-state index in [9.17, 15) is 9.18 Å². The van der Waals surface area contributed by atoms with Gasteiger partial charge in [-0.05, 0) is 13.3 Å². The van der Waals surface area contributed by atoms with Gasteiger partial charge in [-0.25, -0.2) is 4.39 Å². The quantitative estimate of drug-likeness (QED) is 0.347. The molecule has 0 saturated carbocycles. The molecule has 0 N–H and O–H groups in total. The highest BCUT2D eigenvalue weighted by Gasteiger charge is 1.99. The Morgan fingerprint density at radius 3 is 2.55 bits per heavy atom. The van der Waals surface area contributed by atoms with Crippen LogP contribution in [0.3, 0.4) is 0 Å². The number of halogens is 1. The molecule has 0 aliphatic heterocycles. The maximum atomic E-state index is 12.7. The largest absolute Gasteiger partial charge is 0.298 e. The van der Waals surface area contributed by atoms with E-state index in [-0.39, 0.29) is 5.57 Å². The number of carbonyl (C=O) groups excluding carboxylic acids is 1. The second kappa shape index (κ2) is 5.83. The molecule has 0 aromatic rings. The third-order valence-corrected chi connectivity index (χ3v) is 1.31. The van der Waals surface area contributed by atoms with Gasteiger partial charge in [0.15, 0.2) is 6.29 Å². The zero-order valence-electron chi connectivity index (χ0n) is 6.93. The van der Waals surface area contributed by atoms with Crippen LogP contribution >= 0.6 is 0 Å². The van der Waals surface area contributed by atoms with Crippen LogP contribution in [0.1, 0.15) is 26.7 Å². The Kier molecular flexibility index (Phi) is 5.35. The average molecular weight is 156 g/mol. The van der Waals surface area contributed by atoms with Gasteiger partial charge in [0.2, 0.25) is 0 Å². The van der Waals surface area contributed by atoms with Crippen LogP contribution in [0.25, 0.3) is 0 Å². The first-order chi connectivity index (χ1) is 5.26. The van der Waals surface area contributed by atoms with Gasteiger partial charge in [0.25, 0.3) is 0 Å². The lowest BCUT2D eigenvalue weighted by atomic mass is 10.2. The number of hydrogen-bond acceptors (Lipinski definition) is 1. The summed E-state index contributed by atoms with van der Waals surface area (Å²) < 4.78 is 12.7. The van der Waals surface area contributed by atoms with E-state index in [1.165, 1.54) is 6.08 Å². The van der Waals surface area contributed by atoms with Gasteiger partial charge in [-0.2, -0.15) is 0 Å². The third-order valence-electron chi connectivity index (χ3n) is 1.31. The fourth-order valence-electron chi connectivity index (χ4n) is 0.668. The molecule has 0 fully saturated rings. The number of aldehydes is 1. The topological polar surface area (TPSA) is 17.1 Å². The summed E-state index contributed by atoms with van der Waals surface area (Å²) in [7, 11) is 0. The maximum absolute atomic E-state index is 12.7. The van der Waals surface area contributed by atoms with Crippen molar-refractivity contribution in [1.82, 2.24) is 0 Å². The van der Waals surface area contributed by atoms with E-state index in [0.717, 1.165) is 12.8 Å². The normalized spacial score (nSPS) is 13.4. The molecule has 1 nitrogen and oxygen atoms in total. The zero-order chi connectivity index (χ0) is 8.69. The predicted molar refractivity (Wildman–Crippen MR) is 43.9 cm³/mol. The molecule has 0 aromatic heterocycles. The van der Waals surface area contributed by atoms with Crippen LogP contribution in [-0.2, 0) is 4.79 Å². The van der Waals surface area contributed by atoms with Crippen molar-refractivity contribution < 1.29 is 9.18 Å². The van der Waals surface area contributed by atoms with E-state index in [1.807, 2.05) is 6.92 Å². The second-order valence-electron chi connectivity index (χ2n) is 2.20. The van der Waals surface area contributed by atoms with E-state index in [4.69, 9.17) is 0 Å². The lowest BCUT2D eigenvalue weighted by Gasteiger charge is -1.93. The number of allylic oxidation sites excluding steroid dienone is 4. The van der Waals surface area contributed by atoms with Crippen LogP contribution in [0.5, 0.6) is 0 Å². The first-order valence-corrected chi connectivity index (χ1v) is 3.73. The molecule has 0 radical (unpaired) electrons. The standard InChI is InChI=1S/C9H13FO/c1-3-5-6-8(7-11)9(10)4-2/h4,6-7H,3,5H2,1-2H3/b8-6-,9-4+. The summed E-state index contributed by atoms with van der Waals surface area (Å²) in [5.41, 5.74) is 0.161. The summed E-state index contributed by atoms with van der Waals surface area (Å²) >= 11 is 0. The van der Waals surface area contributed by atoms with E-state index in [2.05, 4.69) is 0 Å². The van der Waals surface area contributed by atoms with Crippen molar-refractivity contribution in [3.05, 3.63) is 23.6 Å².